The third-order valence-corrected chi connectivity index (χ3v) is 2.91. The summed E-state index contributed by atoms with van der Waals surface area (Å²) in [6, 6.07) is 0. The molecular formula is C9H20BF4N. The molecule has 0 spiro atoms. The van der Waals surface area contributed by atoms with Crippen LogP contribution in [0.2, 0.25) is 0 Å². The topological polar surface area (TPSA) is 0 Å². The second-order valence-corrected chi connectivity index (χ2v) is 4.29. The third-order valence-electron chi connectivity index (χ3n) is 2.91. The van der Waals surface area contributed by atoms with Crippen LogP contribution in [0.3, 0.4) is 0 Å². The van der Waals surface area contributed by atoms with Crippen LogP contribution < -0.4 is 0 Å². The molecule has 1 saturated heterocycles. The van der Waals surface area contributed by atoms with Gasteiger partial charge in [-0.3, -0.25) is 0 Å². The SMILES string of the molecule is CC[N+]1(C)CCCCCC1.F[B-](F)(F)F. The lowest BCUT2D eigenvalue weighted by Crippen LogP contribution is -2.44. The van der Waals surface area contributed by atoms with Crippen LogP contribution in [0.5, 0.6) is 0 Å². The van der Waals surface area contributed by atoms with Crippen molar-refractivity contribution in [2.45, 2.75) is 32.6 Å². The molecule has 15 heavy (non-hydrogen) atoms. The van der Waals surface area contributed by atoms with Crippen molar-refractivity contribution in [3.8, 4) is 0 Å². The number of hydrogen-bond donors (Lipinski definition) is 0. The van der Waals surface area contributed by atoms with Crippen molar-refractivity contribution < 1.29 is 21.7 Å². The minimum absolute atomic E-state index is 1.32. The molecule has 0 atom stereocenters. The number of rotatable bonds is 1. The van der Waals surface area contributed by atoms with E-state index in [1.807, 2.05) is 0 Å². The van der Waals surface area contributed by atoms with Crippen molar-refractivity contribution in [3.63, 3.8) is 0 Å². The first-order valence-corrected chi connectivity index (χ1v) is 5.48. The van der Waals surface area contributed by atoms with Crippen molar-refractivity contribution in [2.24, 2.45) is 0 Å². The molecule has 92 valence electrons. The maximum atomic E-state index is 9.75. The maximum Gasteiger partial charge on any atom is 0.673 e. The Morgan fingerprint density at radius 2 is 1.27 bits per heavy atom. The van der Waals surface area contributed by atoms with Gasteiger partial charge in [-0.2, -0.15) is 0 Å². The molecule has 0 amide bonds. The van der Waals surface area contributed by atoms with Gasteiger partial charge in [0.05, 0.1) is 26.7 Å². The molecule has 0 bridgehead atoms. The van der Waals surface area contributed by atoms with Gasteiger partial charge in [0.15, 0.2) is 0 Å². The normalized spacial score (nSPS) is 21.2. The largest absolute Gasteiger partial charge is 0.673 e. The van der Waals surface area contributed by atoms with Gasteiger partial charge in [-0.1, -0.05) is 0 Å². The van der Waals surface area contributed by atoms with Gasteiger partial charge in [0.1, 0.15) is 0 Å². The summed E-state index contributed by atoms with van der Waals surface area (Å²) < 4.78 is 40.3. The average molecular weight is 229 g/mol. The highest BCUT2D eigenvalue weighted by Crippen LogP contribution is 2.14. The monoisotopic (exact) mass is 229 g/mol. The number of nitrogens with zero attached hydrogens (tertiary/aromatic N) is 1. The van der Waals surface area contributed by atoms with Crippen LogP contribution in [0.1, 0.15) is 32.6 Å². The molecule has 1 heterocycles. The molecule has 0 aromatic carbocycles. The van der Waals surface area contributed by atoms with Crippen molar-refractivity contribution in [3.05, 3.63) is 0 Å². The standard InChI is InChI=1S/C9H20N.BF4/c1-3-10(2)8-6-4-5-7-9-10;2-1(3,4)5/h3-9H2,1-2H3;/q+1;-1. The van der Waals surface area contributed by atoms with Gasteiger partial charge in [-0.25, -0.2) is 0 Å². The van der Waals surface area contributed by atoms with E-state index in [1.165, 1.54) is 49.8 Å². The van der Waals surface area contributed by atoms with E-state index in [-0.39, 0.29) is 0 Å². The van der Waals surface area contributed by atoms with Crippen LogP contribution in [0, 0.1) is 0 Å². The summed E-state index contributed by atoms with van der Waals surface area (Å²) in [5, 5.41) is 0. The fourth-order valence-corrected chi connectivity index (χ4v) is 1.77. The summed E-state index contributed by atoms with van der Waals surface area (Å²) in [4.78, 5) is 0. The Morgan fingerprint density at radius 3 is 1.53 bits per heavy atom. The average Bonchev–Trinajstić information content (AvgIpc) is 2.28. The van der Waals surface area contributed by atoms with E-state index in [9.17, 15) is 17.3 Å². The van der Waals surface area contributed by atoms with Gasteiger partial charge in [-0.15, -0.1) is 0 Å². The molecule has 1 aliphatic heterocycles. The fraction of sp³-hybridized carbons (Fsp3) is 1.00. The summed E-state index contributed by atoms with van der Waals surface area (Å²) in [7, 11) is -3.61. The van der Waals surface area contributed by atoms with Crippen molar-refractivity contribution >= 4 is 7.25 Å². The zero-order chi connectivity index (χ0) is 11.9. The van der Waals surface area contributed by atoms with Gasteiger partial charge in [0.25, 0.3) is 0 Å². The molecule has 1 nitrogen and oxygen atoms in total. The van der Waals surface area contributed by atoms with Crippen molar-refractivity contribution in [2.75, 3.05) is 26.7 Å². The minimum atomic E-state index is -6.00. The van der Waals surface area contributed by atoms with E-state index < -0.39 is 7.25 Å². The first kappa shape index (κ1) is 14.7. The van der Waals surface area contributed by atoms with Crippen LogP contribution in [-0.4, -0.2) is 38.4 Å². The Morgan fingerprint density at radius 1 is 0.933 bits per heavy atom. The zero-order valence-electron chi connectivity index (χ0n) is 9.49. The van der Waals surface area contributed by atoms with Gasteiger partial charge in [-0.05, 0) is 32.6 Å². The third kappa shape index (κ3) is 10.0. The first-order chi connectivity index (χ1) is 6.77. The Hall–Kier alpha value is -0.255. The lowest BCUT2D eigenvalue weighted by atomic mass is 10.2. The van der Waals surface area contributed by atoms with Crippen LogP contribution in [-0.2, 0) is 0 Å². The van der Waals surface area contributed by atoms with E-state index in [0.29, 0.717) is 0 Å². The molecule has 0 N–H and O–H groups in total. The Labute approximate surface area is 89.1 Å². The molecular weight excluding hydrogens is 209 g/mol. The van der Waals surface area contributed by atoms with Gasteiger partial charge in [0, 0.05) is 0 Å². The fourth-order valence-electron chi connectivity index (χ4n) is 1.77. The predicted octanol–water partition coefficient (Wildman–Crippen LogP) is 3.33. The molecule has 0 aliphatic carbocycles. The second-order valence-electron chi connectivity index (χ2n) is 4.29. The smallest absolute Gasteiger partial charge is 0.418 e. The van der Waals surface area contributed by atoms with E-state index in [1.54, 1.807) is 0 Å². The summed E-state index contributed by atoms with van der Waals surface area (Å²) in [6.07, 6.45) is 5.83. The Balaban J connectivity index is 0.000000336. The number of halogens is 4. The van der Waals surface area contributed by atoms with Gasteiger partial charge in [0.2, 0.25) is 0 Å². The quantitative estimate of drug-likeness (QED) is 0.367. The van der Waals surface area contributed by atoms with Crippen molar-refractivity contribution in [1.82, 2.24) is 0 Å². The number of hydrogen-bond acceptors (Lipinski definition) is 0. The van der Waals surface area contributed by atoms with Gasteiger partial charge >= 0.3 is 7.25 Å². The van der Waals surface area contributed by atoms with Crippen LogP contribution in [0.15, 0.2) is 0 Å². The minimum Gasteiger partial charge on any atom is -0.418 e. The lowest BCUT2D eigenvalue weighted by molar-refractivity contribution is -0.907. The first-order valence-electron chi connectivity index (χ1n) is 5.48. The Bertz CT molecular complexity index is 158. The molecule has 1 aliphatic rings. The molecule has 1 rings (SSSR count). The molecule has 0 unspecified atom stereocenters. The highest BCUT2D eigenvalue weighted by Gasteiger charge is 2.21. The molecule has 0 radical (unpaired) electrons. The molecule has 6 heteroatoms. The maximum absolute atomic E-state index is 9.75. The second kappa shape index (κ2) is 6.35. The highest BCUT2D eigenvalue weighted by atomic mass is 19.5. The lowest BCUT2D eigenvalue weighted by Gasteiger charge is -2.31. The van der Waals surface area contributed by atoms with E-state index in [4.69, 9.17) is 0 Å². The van der Waals surface area contributed by atoms with Crippen LogP contribution in [0.4, 0.5) is 17.3 Å². The van der Waals surface area contributed by atoms with Gasteiger partial charge < -0.3 is 21.7 Å². The highest BCUT2D eigenvalue weighted by molar-refractivity contribution is 6.50. The summed E-state index contributed by atoms with van der Waals surface area (Å²) in [5.74, 6) is 0. The van der Waals surface area contributed by atoms with Crippen molar-refractivity contribution in [1.29, 1.82) is 0 Å². The molecule has 1 fully saturated rings. The predicted molar refractivity (Wildman–Crippen MR) is 55.1 cm³/mol. The summed E-state index contributed by atoms with van der Waals surface area (Å²) >= 11 is 0. The summed E-state index contributed by atoms with van der Waals surface area (Å²) in [5.41, 5.74) is 0. The number of likely N-dealkylation sites (tertiary alicyclic amines) is 1. The van der Waals surface area contributed by atoms with E-state index in [0.717, 1.165) is 0 Å². The Kier molecular flexibility index (Phi) is 6.25. The molecule has 0 aromatic rings. The zero-order valence-corrected chi connectivity index (χ0v) is 9.49. The molecule has 0 aromatic heterocycles. The summed E-state index contributed by atoms with van der Waals surface area (Å²) in [6.45, 7) is 6.46. The molecule has 0 saturated carbocycles. The van der Waals surface area contributed by atoms with E-state index in [2.05, 4.69) is 14.0 Å². The van der Waals surface area contributed by atoms with Crippen LogP contribution >= 0.6 is 0 Å². The van der Waals surface area contributed by atoms with Crippen LogP contribution in [0.25, 0.3) is 0 Å². The number of quaternary nitrogens is 1. The van der Waals surface area contributed by atoms with E-state index >= 15 is 0 Å².